The molecule has 2 fully saturated rings. The monoisotopic (exact) mass is 387 g/mol. The molecule has 2 atom stereocenters. The summed E-state index contributed by atoms with van der Waals surface area (Å²) >= 11 is 5.66. The van der Waals surface area contributed by atoms with Crippen LogP contribution in [0.25, 0.3) is 0 Å². The van der Waals surface area contributed by atoms with Crippen LogP contribution < -0.4 is 10.6 Å². The molecule has 1 aliphatic heterocycles. The second kappa shape index (κ2) is 10.1. The van der Waals surface area contributed by atoms with Crippen LogP contribution >= 0.6 is 12.2 Å². The highest BCUT2D eigenvalue weighted by Crippen LogP contribution is 2.24. The van der Waals surface area contributed by atoms with Gasteiger partial charge in [-0.3, -0.25) is 4.79 Å². The van der Waals surface area contributed by atoms with Gasteiger partial charge in [-0.1, -0.05) is 50.1 Å². The molecule has 0 spiro atoms. The zero-order valence-corrected chi connectivity index (χ0v) is 17.3. The molecule has 5 heteroatoms. The first-order valence-corrected chi connectivity index (χ1v) is 10.9. The first-order valence-electron chi connectivity index (χ1n) is 10.5. The van der Waals surface area contributed by atoms with Gasteiger partial charge in [0.25, 0.3) is 0 Å². The van der Waals surface area contributed by atoms with Gasteiger partial charge in [0.15, 0.2) is 5.11 Å². The number of benzene rings is 1. The average molecular weight is 388 g/mol. The average Bonchev–Trinajstić information content (AvgIpc) is 2.69. The van der Waals surface area contributed by atoms with E-state index in [0.29, 0.717) is 18.4 Å². The standard InChI is InChI=1S/C22H33N3OS/c1-17-7-5-6-10-20(17)24-22(27)25-15-13-19(14-16-25)23-21(26)12-11-18-8-3-2-4-9-18/h2-4,8-9,17,19-20H,5-7,10-16H2,1H3,(H,23,26)(H,24,27). The topological polar surface area (TPSA) is 44.4 Å². The Balaban J connectivity index is 1.35. The van der Waals surface area contributed by atoms with Crippen LogP contribution in [-0.4, -0.2) is 41.1 Å². The molecule has 2 N–H and O–H groups in total. The highest BCUT2D eigenvalue weighted by Gasteiger charge is 2.26. The maximum Gasteiger partial charge on any atom is 0.220 e. The number of nitrogens with one attached hydrogen (secondary N) is 2. The first kappa shape index (κ1) is 20.1. The van der Waals surface area contributed by atoms with Gasteiger partial charge in [0.2, 0.25) is 5.91 Å². The van der Waals surface area contributed by atoms with Crippen molar-refractivity contribution in [3.63, 3.8) is 0 Å². The number of thiocarbonyl (C=S) groups is 1. The van der Waals surface area contributed by atoms with Crippen LogP contribution in [0.2, 0.25) is 0 Å². The minimum Gasteiger partial charge on any atom is -0.360 e. The number of hydrogen-bond acceptors (Lipinski definition) is 2. The van der Waals surface area contributed by atoms with E-state index in [2.05, 4.69) is 34.6 Å². The molecule has 1 heterocycles. The SMILES string of the molecule is CC1CCCCC1NC(=S)N1CCC(NC(=O)CCc2ccccc2)CC1. The Morgan fingerprint density at radius 2 is 1.78 bits per heavy atom. The third-order valence-corrected chi connectivity index (χ3v) is 6.43. The van der Waals surface area contributed by atoms with Crippen molar-refractivity contribution in [3.8, 4) is 0 Å². The third-order valence-electron chi connectivity index (χ3n) is 6.05. The molecule has 2 unspecified atom stereocenters. The number of amides is 1. The van der Waals surface area contributed by atoms with Crippen LogP contribution in [0, 0.1) is 5.92 Å². The van der Waals surface area contributed by atoms with E-state index in [9.17, 15) is 4.79 Å². The van der Waals surface area contributed by atoms with Crippen molar-refractivity contribution in [1.29, 1.82) is 0 Å². The molecule has 1 amide bonds. The lowest BCUT2D eigenvalue weighted by atomic mass is 9.86. The molecule has 1 aromatic rings. The van der Waals surface area contributed by atoms with E-state index in [0.717, 1.165) is 37.5 Å². The van der Waals surface area contributed by atoms with Gasteiger partial charge in [-0.25, -0.2) is 0 Å². The molecule has 4 nitrogen and oxygen atoms in total. The smallest absolute Gasteiger partial charge is 0.220 e. The summed E-state index contributed by atoms with van der Waals surface area (Å²) in [4.78, 5) is 14.5. The first-order chi connectivity index (χ1) is 13.1. The molecule has 1 saturated carbocycles. The quantitative estimate of drug-likeness (QED) is 0.757. The Bertz CT molecular complexity index is 613. The van der Waals surface area contributed by atoms with Gasteiger partial charge in [-0.05, 0) is 55.8 Å². The third kappa shape index (κ3) is 6.20. The molecule has 0 bridgehead atoms. The number of hydrogen-bond donors (Lipinski definition) is 2. The molecule has 27 heavy (non-hydrogen) atoms. The minimum atomic E-state index is 0.161. The van der Waals surface area contributed by atoms with E-state index in [1.54, 1.807) is 0 Å². The molecular weight excluding hydrogens is 354 g/mol. The van der Waals surface area contributed by atoms with Gasteiger partial charge < -0.3 is 15.5 Å². The van der Waals surface area contributed by atoms with E-state index in [1.807, 2.05) is 18.2 Å². The highest BCUT2D eigenvalue weighted by molar-refractivity contribution is 7.80. The summed E-state index contributed by atoms with van der Waals surface area (Å²) < 4.78 is 0. The summed E-state index contributed by atoms with van der Waals surface area (Å²) in [6.07, 6.45) is 8.50. The normalized spacial score (nSPS) is 23.7. The summed E-state index contributed by atoms with van der Waals surface area (Å²) in [6.45, 7) is 4.18. The van der Waals surface area contributed by atoms with Gasteiger partial charge in [0, 0.05) is 31.6 Å². The Morgan fingerprint density at radius 1 is 1.07 bits per heavy atom. The van der Waals surface area contributed by atoms with Crippen molar-refractivity contribution < 1.29 is 4.79 Å². The van der Waals surface area contributed by atoms with Crippen LogP contribution in [-0.2, 0) is 11.2 Å². The molecule has 0 radical (unpaired) electrons. The molecule has 1 saturated heterocycles. The van der Waals surface area contributed by atoms with Crippen molar-refractivity contribution in [2.75, 3.05) is 13.1 Å². The number of carbonyl (C=O) groups is 1. The van der Waals surface area contributed by atoms with Crippen LogP contribution in [0.5, 0.6) is 0 Å². The molecule has 1 aliphatic carbocycles. The highest BCUT2D eigenvalue weighted by atomic mass is 32.1. The van der Waals surface area contributed by atoms with Gasteiger partial charge >= 0.3 is 0 Å². The van der Waals surface area contributed by atoms with E-state index in [-0.39, 0.29) is 11.9 Å². The number of aryl methyl sites for hydroxylation is 1. The van der Waals surface area contributed by atoms with E-state index in [1.165, 1.54) is 31.2 Å². The van der Waals surface area contributed by atoms with Crippen LogP contribution in [0.3, 0.4) is 0 Å². The number of piperidine rings is 1. The second-order valence-electron chi connectivity index (χ2n) is 8.13. The van der Waals surface area contributed by atoms with Crippen LogP contribution in [0.1, 0.15) is 57.4 Å². The Hall–Kier alpha value is -1.62. The van der Waals surface area contributed by atoms with E-state index < -0.39 is 0 Å². The fraction of sp³-hybridized carbons (Fsp3) is 0.636. The lowest BCUT2D eigenvalue weighted by molar-refractivity contribution is -0.122. The van der Waals surface area contributed by atoms with Crippen LogP contribution in [0.15, 0.2) is 30.3 Å². The Labute approximate surface area is 169 Å². The second-order valence-corrected chi connectivity index (χ2v) is 8.52. The lowest BCUT2D eigenvalue weighted by Crippen LogP contribution is -2.52. The molecule has 1 aromatic carbocycles. The predicted molar refractivity (Wildman–Crippen MR) is 115 cm³/mol. The number of rotatable bonds is 5. The van der Waals surface area contributed by atoms with Gasteiger partial charge in [0.1, 0.15) is 0 Å². The molecular formula is C22H33N3OS. The Kier molecular flexibility index (Phi) is 7.50. The lowest BCUT2D eigenvalue weighted by Gasteiger charge is -2.37. The summed E-state index contributed by atoms with van der Waals surface area (Å²) in [5, 5.41) is 7.72. The van der Waals surface area contributed by atoms with Crippen LogP contribution in [0.4, 0.5) is 0 Å². The summed E-state index contributed by atoms with van der Waals surface area (Å²) in [5.74, 6) is 0.868. The summed E-state index contributed by atoms with van der Waals surface area (Å²) in [7, 11) is 0. The largest absolute Gasteiger partial charge is 0.360 e. The zero-order valence-electron chi connectivity index (χ0n) is 16.5. The number of nitrogens with zero attached hydrogens (tertiary/aromatic N) is 1. The van der Waals surface area contributed by atoms with E-state index in [4.69, 9.17) is 12.2 Å². The van der Waals surface area contributed by atoms with Gasteiger partial charge in [-0.2, -0.15) is 0 Å². The van der Waals surface area contributed by atoms with Crippen molar-refractivity contribution in [3.05, 3.63) is 35.9 Å². The fourth-order valence-corrected chi connectivity index (χ4v) is 4.54. The van der Waals surface area contributed by atoms with Crippen molar-refractivity contribution in [2.24, 2.45) is 5.92 Å². The molecule has 3 rings (SSSR count). The van der Waals surface area contributed by atoms with Crippen molar-refractivity contribution >= 4 is 23.2 Å². The van der Waals surface area contributed by atoms with Crippen molar-refractivity contribution in [1.82, 2.24) is 15.5 Å². The maximum absolute atomic E-state index is 12.2. The molecule has 0 aromatic heterocycles. The Morgan fingerprint density at radius 3 is 2.48 bits per heavy atom. The predicted octanol–water partition coefficient (Wildman–Crippen LogP) is 3.65. The maximum atomic E-state index is 12.2. The van der Waals surface area contributed by atoms with E-state index >= 15 is 0 Å². The molecule has 2 aliphatic rings. The summed E-state index contributed by atoms with van der Waals surface area (Å²) in [5.41, 5.74) is 1.22. The van der Waals surface area contributed by atoms with Crippen molar-refractivity contribution in [2.45, 2.75) is 70.4 Å². The number of likely N-dealkylation sites (tertiary alicyclic amines) is 1. The minimum absolute atomic E-state index is 0.161. The fourth-order valence-electron chi connectivity index (χ4n) is 4.21. The summed E-state index contributed by atoms with van der Waals surface area (Å²) in [6, 6.07) is 11.0. The zero-order chi connectivity index (χ0) is 19.1. The molecule has 148 valence electrons. The number of carbonyl (C=O) groups excluding carboxylic acids is 1. The van der Waals surface area contributed by atoms with Gasteiger partial charge in [0.05, 0.1) is 0 Å². The van der Waals surface area contributed by atoms with Gasteiger partial charge in [-0.15, -0.1) is 0 Å².